The second-order valence-corrected chi connectivity index (χ2v) is 5.06. The van der Waals surface area contributed by atoms with E-state index < -0.39 is 16.7 Å². The summed E-state index contributed by atoms with van der Waals surface area (Å²) in [5.41, 5.74) is -0.263. The van der Waals surface area contributed by atoms with Crippen molar-refractivity contribution in [2.45, 2.75) is 0 Å². The second-order valence-electron chi connectivity index (χ2n) is 4.66. The third-order valence-electron chi connectivity index (χ3n) is 3.01. The first-order valence-corrected chi connectivity index (χ1v) is 7.30. The Hall–Kier alpha value is -2.23. The highest BCUT2D eigenvalue weighted by atomic mass is 35.5. The number of nitro benzene ring substituents is 1. The number of methoxy groups -OCH3 is 2. The van der Waals surface area contributed by atoms with E-state index in [1.165, 1.54) is 31.3 Å². The average molecular weight is 360 g/mol. The minimum atomic E-state index is -0.918. The molecule has 0 fully saturated rings. The average Bonchev–Trinajstić information content (AvgIpc) is 2.55. The largest absolute Gasteiger partial charge is 0.383 e. The van der Waals surface area contributed by atoms with Gasteiger partial charge in [0, 0.05) is 39.1 Å². The van der Waals surface area contributed by atoms with E-state index in [-0.39, 0.29) is 42.7 Å². The lowest BCUT2D eigenvalue weighted by molar-refractivity contribution is -0.384. The molecule has 0 unspecified atom stereocenters. The fourth-order valence-corrected chi connectivity index (χ4v) is 1.96. The van der Waals surface area contributed by atoms with Crippen molar-refractivity contribution in [2.75, 3.05) is 45.8 Å². The molecular weight excluding hydrogens is 342 g/mol. The Balaban J connectivity index is 2.82. The summed E-state index contributed by atoms with van der Waals surface area (Å²) < 4.78 is 9.80. The molecule has 0 aliphatic heterocycles. The molecule has 1 N–H and O–H groups in total. The van der Waals surface area contributed by atoms with Gasteiger partial charge in [0.05, 0.1) is 18.1 Å². The lowest BCUT2D eigenvalue weighted by atomic mass is 10.2. The van der Waals surface area contributed by atoms with Crippen molar-refractivity contribution in [1.82, 2.24) is 4.90 Å². The van der Waals surface area contributed by atoms with Crippen LogP contribution in [-0.4, -0.2) is 62.2 Å². The zero-order chi connectivity index (χ0) is 18.1. The number of hydrogen-bond donors (Lipinski definition) is 1. The van der Waals surface area contributed by atoms with Crippen molar-refractivity contribution in [2.24, 2.45) is 0 Å². The third-order valence-corrected chi connectivity index (χ3v) is 3.33. The third kappa shape index (κ3) is 5.76. The molecule has 0 aromatic heterocycles. The predicted octanol–water partition coefficient (Wildman–Crippen LogP) is 1.31. The summed E-state index contributed by atoms with van der Waals surface area (Å²) in [7, 11) is 2.96. The van der Waals surface area contributed by atoms with Gasteiger partial charge in [0.15, 0.2) is 0 Å². The van der Waals surface area contributed by atoms with E-state index in [0.717, 1.165) is 6.07 Å². The van der Waals surface area contributed by atoms with E-state index in [9.17, 15) is 19.7 Å². The molecule has 2 amide bonds. The van der Waals surface area contributed by atoms with Crippen LogP contribution in [0.3, 0.4) is 0 Å². The number of halogens is 1. The summed E-state index contributed by atoms with van der Waals surface area (Å²) in [6, 6.07) is 3.73. The van der Waals surface area contributed by atoms with Crippen molar-refractivity contribution in [3.63, 3.8) is 0 Å². The van der Waals surface area contributed by atoms with Crippen LogP contribution in [0.2, 0.25) is 5.02 Å². The zero-order valence-corrected chi connectivity index (χ0v) is 14.0. The van der Waals surface area contributed by atoms with Gasteiger partial charge in [-0.3, -0.25) is 19.7 Å². The van der Waals surface area contributed by atoms with Crippen LogP contribution >= 0.6 is 11.6 Å². The van der Waals surface area contributed by atoms with Crippen LogP contribution in [0.5, 0.6) is 0 Å². The van der Waals surface area contributed by atoms with Gasteiger partial charge in [0.1, 0.15) is 5.02 Å². The summed E-state index contributed by atoms with van der Waals surface area (Å²) in [5, 5.41) is 13.1. The second kappa shape index (κ2) is 9.81. The number of anilines is 1. The van der Waals surface area contributed by atoms with Gasteiger partial charge < -0.3 is 19.7 Å². The molecule has 0 saturated heterocycles. The Morgan fingerprint density at radius 3 is 2.33 bits per heavy atom. The number of hydrogen-bond acceptors (Lipinski definition) is 6. The number of nitrogens with zero attached hydrogens (tertiary/aromatic N) is 2. The number of nitrogens with one attached hydrogen (secondary N) is 1. The molecule has 1 aromatic carbocycles. The van der Waals surface area contributed by atoms with E-state index in [2.05, 4.69) is 5.32 Å². The molecule has 132 valence electrons. The minimum Gasteiger partial charge on any atom is -0.383 e. The maximum absolute atomic E-state index is 12.2. The van der Waals surface area contributed by atoms with Crippen molar-refractivity contribution < 1.29 is 24.0 Å². The molecule has 0 radical (unpaired) electrons. The van der Waals surface area contributed by atoms with Crippen LogP contribution in [0.25, 0.3) is 0 Å². The number of rotatable bonds is 8. The zero-order valence-electron chi connectivity index (χ0n) is 13.3. The highest BCUT2D eigenvalue weighted by Gasteiger charge is 2.22. The van der Waals surface area contributed by atoms with E-state index in [0.29, 0.717) is 0 Å². The molecule has 0 bridgehead atoms. The number of nitro groups is 1. The molecule has 0 saturated carbocycles. The molecule has 1 rings (SSSR count). The van der Waals surface area contributed by atoms with Crippen molar-refractivity contribution in [3.05, 3.63) is 33.3 Å². The Kier molecular flexibility index (Phi) is 8.10. The number of carbonyl (C=O) groups is 2. The van der Waals surface area contributed by atoms with Crippen LogP contribution in [0.4, 0.5) is 11.4 Å². The van der Waals surface area contributed by atoms with E-state index in [1.54, 1.807) is 0 Å². The van der Waals surface area contributed by atoms with Gasteiger partial charge in [-0.1, -0.05) is 11.6 Å². The van der Waals surface area contributed by atoms with Gasteiger partial charge in [0.2, 0.25) is 0 Å². The van der Waals surface area contributed by atoms with Crippen LogP contribution in [0, 0.1) is 10.1 Å². The Morgan fingerprint density at radius 1 is 1.25 bits per heavy atom. The molecule has 0 aliphatic rings. The highest BCUT2D eigenvalue weighted by Crippen LogP contribution is 2.27. The SMILES string of the molecule is COCCN(CCOC)C(=O)C(=O)Nc1ccc(Cl)c([N+](=O)[O-])c1. The molecule has 24 heavy (non-hydrogen) atoms. The van der Waals surface area contributed by atoms with Crippen molar-refractivity contribution >= 4 is 34.8 Å². The first-order valence-electron chi connectivity index (χ1n) is 6.92. The molecule has 0 spiro atoms. The van der Waals surface area contributed by atoms with Gasteiger partial charge in [0.25, 0.3) is 5.69 Å². The Morgan fingerprint density at radius 2 is 1.83 bits per heavy atom. The maximum atomic E-state index is 12.2. The van der Waals surface area contributed by atoms with Crippen LogP contribution in [0.15, 0.2) is 18.2 Å². The summed E-state index contributed by atoms with van der Waals surface area (Å²) in [6.45, 7) is 0.948. The molecule has 9 nitrogen and oxygen atoms in total. The molecule has 0 heterocycles. The van der Waals surface area contributed by atoms with Crippen LogP contribution in [-0.2, 0) is 19.1 Å². The summed E-state index contributed by atoms with van der Waals surface area (Å²) in [6.07, 6.45) is 0. The fraction of sp³-hybridized carbons (Fsp3) is 0.429. The topological polar surface area (TPSA) is 111 Å². The van der Waals surface area contributed by atoms with E-state index in [4.69, 9.17) is 21.1 Å². The first kappa shape index (κ1) is 19.8. The molecule has 0 atom stereocenters. The first-order chi connectivity index (χ1) is 11.4. The summed E-state index contributed by atoms with van der Waals surface area (Å²) in [4.78, 5) is 35.7. The maximum Gasteiger partial charge on any atom is 0.313 e. The number of carbonyl (C=O) groups excluding carboxylic acids is 2. The molecule has 0 aliphatic carbocycles. The minimum absolute atomic E-state index is 0.0638. The summed E-state index contributed by atoms with van der Waals surface area (Å²) >= 11 is 5.70. The van der Waals surface area contributed by atoms with Gasteiger partial charge in [-0.25, -0.2) is 0 Å². The van der Waals surface area contributed by atoms with E-state index >= 15 is 0 Å². The van der Waals surface area contributed by atoms with Gasteiger partial charge in [-0.2, -0.15) is 0 Å². The Labute approximate surface area is 143 Å². The monoisotopic (exact) mass is 359 g/mol. The lowest BCUT2D eigenvalue weighted by Gasteiger charge is -2.21. The van der Waals surface area contributed by atoms with Crippen molar-refractivity contribution in [1.29, 1.82) is 0 Å². The van der Waals surface area contributed by atoms with Gasteiger partial charge in [-0.05, 0) is 12.1 Å². The van der Waals surface area contributed by atoms with E-state index in [1.807, 2.05) is 0 Å². The van der Waals surface area contributed by atoms with Crippen LogP contribution in [0.1, 0.15) is 0 Å². The quantitative estimate of drug-likeness (QED) is 0.425. The van der Waals surface area contributed by atoms with Crippen molar-refractivity contribution in [3.8, 4) is 0 Å². The number of benzene rings is 1. The van der Waals surface area contributed by atoms with Crippen LogP contribution < -0.4 is 5.32 Å². The highest BCUT2D eigenvalue weighted by molar-refractivity contribution is 6.39. The molecular formula is C14H18ClN3O6. The Bertz CT molecular complexity index is 602. The molecule has 1 aromatic rings. The number of ether oxygens (including phenoxy) is 2. The predicted molar refractivity (Wildman–Crippen MR) is 87.1 cm³/mol. The van der Waals surface area contributed by atoms with Gasteiger partial charge >= 0.3 is 11.8 Å². The lowest BCUT2D eigenvalue weighted by Crippen LogP contribution is -2.43. The fourth-order valence-electron chi connectivity index (χ4n) is 1.78. The smallest absolute Gasteiger partial charge is 0.313 e. The standard InChI is InChI=1S/C14H18ClN3O6/c1-23-7-5-17(6-8-24-2)14(20)13(19)16-10-3-4-11(15)12(9-10)18(21)22/h3-4,9H,5-8H2,1-2H3,(H,16,19). The summed E-state index contributed by atoms with van der Waals surface area (Å²) in [5.74, 6) is -1.71. The normalized spacial score (nSPS) is 10.3. The molecule has 10 heteroatoms. The van der Waals surface area contributed by atoms with Gasteiger partial charge in [-0.15, -0.1) is 0 Å². The number of amides is 2.